The Morgan fingerprint density at radius 1 is 0.476 bits per heavy atom. The third kappa shape index (κ3) is 42.9. The maximum Gasteiger partial charge on any atom is 0.219 e. The molecule has 2 amide bonds. The smallest absolute Gasteiger partial charge is 0.219 e. The summed E-state index contributed by atoms with van der Waals surface area (Å²) >= 11 is 0. The summed E-state index contributed by atoms with van der Waals surface area (Å²) in [5.41, 5.74) is 5.07. The molecule has 0 heterocycles. The van der Waals surface area contributed by atoms with Crippen LogP contribution in [0.15, 0.2) is 24.3 Å². The Labute approximate surface area is 263 Å². The minimum Gasteiger partial charge on any atom is -0.370 e. The summed E-state index contributed by atoms with van der Waals surface area (Å²) in [5.74, 6) is 0.0862. The molecule has 0 radical (unpaired) electrons. The van der Waals surface area contributed by atoms with E-state index in [2.05, 4.69) is 50.4 Å². The van der Waals surface area contributed by atoms with Crippen LogP contribution in [0.5, 0.6) is 0 Å². The fourth-order valence-corrected chi connectivity index (χ4v) is 4.93. The lowest BCUT2D eigenvalue weighted by atomic mass is 10.1. The number of carbonyl (C=O) groups excluding carboxylic acids is 2. The van der Waals surface area contributed by atoms with Crippen LogP contribution in [0.25, 0.3) is 0 Å². The van der Waals surface area contributed by atoms with Gasteiger partial charge in [0.2, 0.25) is 11.8 Å². The quantitative estimate of drug-likeness (QED) is 0.0622. The number of amides is 2. The van der Waals surface area contributed by atoms with Crippen LogP contribution in [-0.4, -0.2) is 18.4 Å². The molecule has 0 aliphatic carbocycles. The molecule has 0 saturated heterocycles. The maximum absolute atomic E-state index is 11.7. The number of hydrogen-bond donors (Lipinski definition) is 2. The highest BCUT2D eigenvalue weighted by atomic mass is 16.1. The first-order chi connectivity index (χ1) is 20.6. The Hall–Kier alpha value is -1.58. The van der Waals surface area contributed by atoms with Crippen molar-refractivity contribution >= 4 is 11.8 Å². The van der Waals surface area contributed by atoms with Crippen molar-refractivity contribution < 1.29 is 9.59 Å². The van der Waals surface area contributed by atoms with Gasteiger partial charge in [-0.15, -0.1) is 0 Å². The molecule has 0 bridgehead atoms. The number of nitrogens with two attached hydrogens (primary N) is 1. The lowest BCUT2D eigenvalue weighted by Gasteiger charge is -2.05. The predicted octanol–water partition coefficient (Wildman–Crippen LogP) is 11.7. The molecule has 42 heavy (non-hydrogen) atoms. The number of rotatable bonds is 31. The number of carbonyl (C=O) groups is 2. The summed E-state index contributed by atoms with van der Waals surface area (Å²) in [6.45, 7) is 7.58. The van der Waals surface area contributed by atoms with E-state index in [1.165, 1.54) is 141 Å². The molecule has 0 aliphatic rings. The van der Waals surface area contributed by atoms with E-state index in [-0.39, 0.29) is 11.8 Å². The monoisotopic (exact) mass is 591 g/mol. The van der Waals surface area contributed by atoms with E-state index < -0.39 is 0 Å². The predicted molar refractivity (Wildman–Crippen MR) is 187 cm³/mol. The van der Waals surface area contributed by atoms with Crippen molar-refractivity contribution in [3.63, 3.8) is 0 Å². The molecule has 0 aromatic carbocycles. The van der Waals surface area contributed by atoms with Crippen molar-refractivity contribution in [2.24, 2.45) is 5.73 Å². The molecule has 0 aromatic heterocycles. The SMILES string of the molecule is CCCCC/C=C\C/C=C\CCCCCCCC(=O)NCCCCCC.CCCCCCCCCCCCCC(N)=O. The summed E-state index contributed by atoms with van der Waals surface area (Å²) < 4.78 is 0. The second-order valence-electron chi connectivity index (χ2n) is 12.1. The second kappa shape index (κ2) is 39.4. The molecule has 0 rings (SSSR count). The average molecular weight is 591 g/mol. The van der Waals surface area contributed by atoms with Gasteiger partial charge in [0.15, 0.2) is 0 Å². The van der Waals surface area contributed by atoms with Crippen molar-refractivity contribution in [3.8, 4) is 0 Å². The van der Waals surface area contributed by atoms with Crippen LogP contribution in [0.3, 0.4) is 0 Å². The van der Waals surface area contributed by atoms with E-state index >= 15 is 0 Å². The van der Waals surface area contributed by atoms with Gasteiger partial charge >= 0.3 is 0 Å². The van der Waals surface area contributed by atoms with Gasteiger partial charge in [-0.1, -0.05) is 161 Å². The maximum atomic E-state index is 11.7. The highest BCUT2D eigenvalue weighted by molar-refractivity contribution is 5.75. The summed E-state index contributed by atoms with van der Waals surface area (Å²) in [6, 6.07) is 0. The van der Waals surface area contributed by atoms with E-state index in [1.54, 1.807) is 0 Å². The molecule has 4 heteroatoms. The highest BCUT2D eigenvalue weighted by Gasteiger charge is 2.00. The number of unbranched alkanes of at least 4 members (excludes halogenated alkanes) is 21. The van der Waals surface area contributed by atoms with Gasteiger partial charge in [0.1, 0.15) is 0 Å². The average Bonchev–Trinajstić information content (AvgIpc) is 2.98. The fourth-order valence-electron chi connectivity index (χ4n) is 4.93. The Kier molecular flexibility index (Phi) is 39.9. The topological polar surface area (TPSA) is 72.2 Å². The van der Waals surface area contributed by atoms with Gasteiger partial charge in [-0.3, -0.25) is 9.59 Å². The van der Waals surface area contributed by atoms with Gasteiger partial charge < -0.3 is 11.1 Å². The van der Waals surface area contributed by atoms with E-state index in [4.69, 9.17) is 5.73 Å². The van der Waals surface area contributed by atoms with Crippen molar-refractivity contribution in [2.45, 2.75) is 201 Å². The zero-order valence-corrected chi connectivity index (χ0v) is 28.7. The molecule has 0 aliphatic heterocycles. The van der Waals surface area contributed by atoms with E-state index in [9.17, 15) is 9.59 Å². The van der Waals surface area contributed by atoms with Crippen molar-refractivity contribution in [3.05, 3.63) is 24.3 Å². The zero-order chi connectivity index (χ0) is 31.2. The van der Waals surface area contributed by atoms with Gasteiger partial charge in [0.05, 0.1) is 0 Å². The number of hydrogen-bond acceptors (Lipinski definition) is 2. The number of nitrogens with one attached hydrogen (secondary N) is 1. The first kappa shape index (κ1) is 42.6. The minimum atomic E-state index is -0.157. The minimum absolute atomic E-state index is 0.157. The normalized spacial score (nSPS) is 11.2. The van der Waals surface area contributed by atoms with Gasteiger partial charge in [0.25, 0.3) is 0 Å². The molecular formula is C38H74N2O2. The summed E-state index contributed by atoms with van der Waals surface area (Å²) in [5, 5.41) is 3.04. The fraction of sp³-hybridized carbons (Fsp3) is 0.842. The molecule has 0 spiro atoms. The molecule has 248 valence electrons. The summed E-state index contributed by atoms with van der Waals surface area (Å²) in [7, 11) is 0. The van der Waals surface area contributed by atoms with Crippen LogP contribution < -0.4 is 11.1 Å². The van der Waals surface area contributed by atoms with Crippen molar-refractivity contribution in [2.75, 3.05) is 6.54 Å². The molecule has 0 unspecified atom stereocenters. The third-order valence-electron chi connectivity index (χ3n) is 7.73. The van der Waals surface area contributed by atoms with Crippen LogP contribution >= 0.6 is 0 Å². The molecule has 0 fully saturated rings. The lowest BCUT2D eigenvalue weighted by Crippen LogP contribution is -2.23. The van der Waals surface area contributed by atoms with E-state index in [1.807, 2.05) is 0 Å². The van der Waals surface area contributed by atoms with E-state index in [0.29, 0.717) is 12.8 Å². The molecular weight excluding hydrogens is 516 g/mol. The third-order valence-corrected chi connectivity index (χ3v) is 7.73. The first-order valence-electron chi connectivity index (χ1n) is 18.4. The van der Waals surface area contributed by atoms with Crippen LogP contribution in [0.2, 0.25) is 0 Å². The number of allylic oxidation sites excluding steroid dienone is 4. The summed E-state index contributed by atoms with van der Waals surface area (Å²) in [6.07, 6.45) is 43.4. The highest BCUT2D eigenvalue weighted by Crippen LogP contribution is 2.12. The van der Waals surface area contributed by atoms with Crippen LogP contribution in [0.1, 0.15) is 201 Å². The zero-order valence-electron chi connectivity index (χ0n) is 28.7. The Morgan fingerprint density at radius 2 is 0.857 bits per heavy atom. The van der Waals surface area contributed by atoms with E-state index in [0.717, 1.165) is 32.2 Å². The Morgan fingerprint density at radius 3 is 1.36 bits per heavy atom. The Balaban J connectivity index is 0. The summed E-state index contributed by atoms with van der Waals surface area (Å²) in [4.78, 5) is 22.2. The first-order valence-corrected chi connectivity index (χ1v) is 18.4. The van der Waals surface area contributed by atoms with Gasteiger partial charge in [-0.25, -0.2) is 0 Å². The molecule has 3 N–H and O–H groups in total. The molecule has 4 nitrogen and oxygen atoms in total. The van der Waals surface area contributed by atoms with Gasteiger partial charge in [-0.2, -0.15) is 0 Å². The molecule has 0 aromatic rings. The van der Waals surface area contributed by atoms with Crippen LogP contribution in [-0.2, 0) is 9.59 Å². The standard InChI is InChI=1S/C24H45NO.C14H29NO/c1-3-5-7-9-10-11-12-13-14-15-16-17-18-19-20-22-24(26)25-23-21-8-6-4-2;1-2-3-4-5-6-7-8-9-10-11-12-13-14(15)16/h10-11,13-14H,3-9,12,15-23H2,1-2H3,(H,25,26);2-13H2,1H3,(H2,15,16)/b11-10-,14-13-;. The second-order valence-corrected chi connectivity index (χ2v) is 12.1. The Bertz CT molecular complexity index is 600. The van der Waals surface area contributed by atoms with Crippen LogP contribution in [0, 0.1) is 0 Å². The van der Waals surface area contributed by atoms with Crippen LogP contribution in [0.4, 0.5) is 0 Å². The lowest BCUT2D eigenvalue weighted by molar-refractivity contribution is -0.121. The number of primary amides is 1. The van der Waals surface area contributed by atoms with Gasteiger partial charge in [-0.05, 0) is 51.4 Å². The van der Waals surface area contributed by atoms with Crippen molar-refractivity contribution in [1.29, 1.82) is 0 Å². The van der Waals surface area contributed by atoms with Crippen molar-refractivity contribution in [1.82, 2.24) is 5.32 Å². The van der Waals surface area contributed by atoms with Gasteiger partial charge in [0, 0.05) is 19.4 Å². The molecule has 0 saturated carbocycles. The molecule has 0 atom stereocenters. The largest absolute Gasteiger partial charge is 0.370 e.